The minimum atomic E-state index is -0.478. The van der Waals surface area contributed by atoms with Gasteiger partial charge >= 0.3 is 0 Å². The third-order valence-corrected chi connectivity index (χ3v) is 2.19. The SMILES string of the molecule is Cc1ccn(-c2ccc([N+](=O)[O-])cc2N)n1. The molecule has 2 aromatic rings. The lowest BCUT2D eigenvalue weighted by molar-refractivity contribution is -0.384. The van der Waals surface area contributed by atoms with Gasteiger partial charge in [0.15, 0.2) is 0 Å². The standard InChI is InChI=1S/C10H10N4O2/c1-7-4-5-13(12-7)10-3-2-8(14(15)16)6-9(10)11/h2-6H,11H2,1H3. The first-order chi connectivity index (χ1) is 7.58. The molecule has 1 aromatic heterocycles. The summed E-state index contributed by atoms with van der Waals surface area (Å²) in [6.45, 7) is 1.86. The Morgan fingerprint density at radius 1 is 1.44 bits per heavy atom. The van der Waals surface area contributed by atoms with Crippen LogP contribution in [0, 0.1) is 17.0 Å². The van der Waals surface area contributed by atoms with E-state index in [2.05, 4.69) is 5.10 Å². The number of aromatic nitrogens is 2. The van der Waals surface area contributed by atoms with Crippen LogP contribution in [-0.4, -0.2) is 14.7 Å². The molecule has 0 fully saturated rings. The van der Waals surface area contributed by atoms with Crippen LogP contribution < -0.4 is 5.73 Å². The number of aryl methyl sites for hydroxylation is 1. The van der Waals surface area contributed by atoms with Crippen LogP contribution in [0.25, 0.3) is 5.69 Å². The molecule has 1 aromatic carbocycles. The van der Waals surface area contributed by atoms with Crippen molar-refractivity contribution in [3.05, 3.63) is 46.3 Å². The van der Waals surface area contributed by atoms with Crippen molar-refractivity contribution < 1.29 is 4.92 Å². The third-order valence-electron chi connectivity index (χ3n) is 2.19. The highest BCUT2D eigenvalue weighted by Gasteiger charge is 2.10. The van der Waals surface area contributed by atoms with Gasteiger partial charge < -0.3 is 5.73 Å². The number of hydrogen-bond acceptors (Lipinski definition) is 4. The lowest BCUT2D eigenvalue weighted by Gasteiger charge is -2.04. The molecule has 16 heavy (non-hydrogen) atoms. The molecule has 0 atom stereocenters. The van der Waals surface area contributed by atoms with Crippen LogP contribution in [0.1, 0.15) is 5.69 Å². The van der Waals surface area contributed by atoms with E-state index in [0.29, 0.717) is 11.4 Å². The Bertz CT molecular complexity index is 548. The number of non-ortho nitro benzene ring substituents is 1. The molecule has 2 rings (SSSR count). The molecule has 1 heterocycles. The Labute approximate surface area is 91.5 Å². The summed E-state index contributed by atoms with van der Waals surface area (Å²) in [4.78, 5) is 10.1. The maximum Gasteiger partial charge on any atom is 0.271 e. The Morgan fingerprint density at radius 2 is 2.19 bits per heavy atom. The minimum absolute atomic E-state index is 0.0230. The Hall–Kier alpha value is -2.37. The monoisotopic (exact) mass is 218 g/mol. The normalized spacial score (nSPS) is 10.3. The molecule has 0 aliphatic carbocycles. The van der Waals surface area contributed by atoms with Crippen molar-refractivity contribution in [1.29, 1.82) is 0 Å². The van der Waals surface area contributed by atoms with Crippen LogP contribution in [0.15, 0.2) is 30.5 Å². The second-order valence-electron chi connectivity index (χ2n) is 3.40. The number of anilines is 1. The zero-order valence-electron chi connectivity index (χ0n) is 8.62. The van der Waals surface area contributed by atoms with Crippen molar-refractivity contribution in [3.8, 4) is 5.69 Å². The minimum Gasteiger partial charge on any atom is -0.397 e. The summed E-state index contributed by atoms with van der Waals surface area (Å²) < 4.78 is 1.59. The molecular weight excluding hydrogens is 208 g/mol. The average molecular weight is 218 g/mol. The van der Waals surface area contributed by atoms with Gasteiger partial charge in [0.2, 0.25) is 0 Å². The largest absolute Gasteiger partial charge is 0.397 e. The molecule has 0 amide bonds. The van der Waals surface area contributed by atoms with Crippen LogP contribution in [0.4, 0.5) is 11.4 Å². The zero-order valence-corrected chi connectivity index (χ0v) is 8.62. The topological polar surface area (TPSA) is 87.0 Å². The summed E-state index contributed by atoms with van der Waals surface area (Å²) in [5.74, 6) is 0. The average Bonchev–Trinajstić information content (AvgIpc) is 2.64. The molecule has 82 valence electrons. The quantitative estimate of drug-likeness (QED) is 0.472. The van der Waals surface area contributed by atoms with E-state index in [9.17, 15) is 10.1 Å². The van der Waals surface area contributed by atoms with Gasteiger partial charge in [0, 0.05) is 18.3 Å². The van der Waals surface area contributed by atoms with Gasteiger partial charge in [0.05, 0.1) is 22.0 Å². The van der Waals surface area contributed by atoms with Crippen LogP contribution in [-0.2, 0) is 0 Å². The van der Waals surface area contributed by atoms with Crippen molar-refractivity contribution in [3.63, 3.8) is 0 Å². The fraction of sp³-hybridized carbons (Fsp3) is 0.100. The van der Waals surface area contributed by atoms with Crippen molar-refractivity contribution in [2.45, 2.75) is 6.92 Å². The summed E-state index contributed by atoms with van der Waals surface area (Å²) in [7, 11) is 0. The highest BCUT2D eigenvalue weighted by atomic mass is 16.6. The van der Waals surface area contributed by atoms with E-state index in [4.69, 9.17) is 5.73 Å². The first-order valence-electron chi connectivity index (χ1n) is 4.64. The van der Waals surface area contributed by atoms with Gasteiger partial charge in [-0.25, -0.2) is 4.68 Å². The van der Waals surface area contributed by atoms with Gasteiger partial charge in [-0.05, 0) is 19.1 Å². The summed E-state index contributed by atoms with van der Waals surface area (Å²) in [6, 6.07) is 6.15. The molecule has 0 aliphatic rings. The molecule has 6 heteroatoms. The molecule has 0 bridgehead atoms. The van der Waals surface area contributed by atoms with Crippen LogP contribution in [0.3, 0.4) is 0 Å². The van der Waals surface area contributed by atoms with E-state index in [1.165, 1.54) is 12.1 Å². The molecular formula is C10H10N4O2. The first kappa shape index (κ1) is 10.2. The lowest BCUT2D eigenvalue weighted by atomic mass is 10.2. The number of nitrogens with zero attached hydrogens (tertiary/aromatic N) is 3. The van der Waals surface area contributed by atoms with E-state index in [1.54, 1.807) is 16.9 Å². The van der Waals surface area contributed by atoms with Crippen molar-refractivity contribution >= 4 is 11.4 Å². The van der Waals surface area contributed by atoms with Gasteiger partial charge in [0.25, 0.3) is 5.69 Å². The molecule has 0 spiro atoms. The van der Waals surface area contributed by atoms with Gasteiger partial charge in [-0.15, -0.1) is 0 Å². The van der Waals surface area contributed by atoms with Gasteiger partial charge in [-0.2, -0.15) is 5.10 Å². The summed E-state index contributed by atoms with van der Waals surface area (Å²) >= 11 is 0. The van der Waals surface area contributed by atoms with Gasteiger partial charge in [0.1, 0.15) is 0 Å². The van der Waals surface area contributed by atoms with Gasteiger partial charge in [-0.1, -0.05) is 0 Å². The van der Waals surface area contributed by atoms with Crippen LogP contribution in [0.2, 0.25) is 0 Å². The van der Waals surface area contributed by atoms with Gasteiger partial charge in [-0.3, -0.25) is 10.1 Å². The predicted octanol–water partition coefficient (Wildman–Crippen LogP) is 1.67. The second-order valence-corrected chi connectivity index (χ2v) is 3.40. The fourth-order valence-electron chi connectivity index (χ4n) is 1.41. The van der Waals surface area contributed by atoms with E-state index in [-0.39, 0.29) is 5.69 Å². The maximum absolute atomic E-state index is 10.5. The number of nitrogens with two attached hydrogens (primary N) is 1. The number of nitro groups is 1. The molecule has 0 unspecified atom stereocenters. The lowest BCUT2D eigenvalue weighted by Crippen LogP contribution is -2.01. The summed E-state index contributed by atoms with van der Waals surface area (Å²) in [6.07, 6.45) is 1.76. The molecule has 0 radical (unpaired) electrons. The Kier molecular flexibility index (Phi) is 2.32. The zero-order chi connectivity index (χ0) is 11.7. The summed E-state index contributed by atoms with van der Waals surface area (Å²) in [5, 5.41) is 14.7. The fourth-order valence-corrected chi connectivity index (χ4v) is 1.41. The smallest absolute Gasteiger partial charge is 0.271 e. The molecule has 0 saturated heterocycles. The van der Waals surface area contributed by atoms with Crippen molar-refractivity contribution in [1.82, 2.24) is 9.78 Å². The maximum atomic E-state index is 10.5. The van der Waals surface area contributed by atoms with Crippen molar-refractivity contribution in [2.75, 3.05) is 5.73 Å². The molecule has 0 aliphatic heterocycles. The highest BCUT2D eigenvalue weighted by molar-refractivity contribution is 5.62. The van der Waals surface area contributed by atoms with Crippen LogP contribution in [0.5, 0.6) is 0 Å². The van der Waals surface area contributed by atoms with E-state index < -0.39 is 4.92 Å². The van der Waals surface area contributed by atoms with E-state index >= 15 is 0 Å². The highest BCUT2D eigenvalue weighted by Crippen LogP contribution is 2.22. The molecule has 2 N–H and O–H groups in total. The van der Waals surface area contributed by atoms with E-state index in [1.807, 2.05) is 13.0 Å². The summed E-state index contributed by atoms with van der Waals surface area (Å²) in [5.41, 5.74) is 7.54. The van der Waals surface area contributed by atoms with Crippen molar-refractivity contribution in [2.24, 2.45) is 0 Å². The van der Waals surface area contributed by atoms with Crippen LogP contribution >= 0.6 is 0 Å². The predicted molar refractivity (Wildman–Crippen MR) is 59.4 cm³/mol. The second kappa shape index (κ2) is 3.65. The molecule has 6 nitrogen and oxygen atoms in total. The number of benzene rings is 1. The number of rotatable bonds is 2. The molecule has 0 saturated carbocycles. The number of nitro benzene ring substituents is 1. The Balaban J connectivity index is 2.47. The first-order valence-corrected chi connectivity index (χ1v) is 4.64. The Morgan fingerprint density at radius 3 is 2.69 bits per heavy atom. The number of hydrogen-bond donors (Lipinski definition) is 1. The third kappa shape index (κ3) is 1.72. The van der Waals surface area contributed by atoms with E-state index in [0.717, 1.165) is 5.69 Å². The number of nitrogen functional groups attached to an aromatic ring is 1.